The van der Waals surface area contributed by atoms with Gasteiger partial charge in [-0.3, -0.25) is 0 Å². The number of hydrogen-bond donors (Lipinski definition) is 1. The summed E-state index contributed by atoms with van der Waals surface area (Å²) in [6.07, 6.45) is 2.24. The molecule has 1 rings (SSSR count). The van der Waals surface area contributed by atoms with E-state index in [1.54, 1.807) is 0 Å². The Balaban J connectivity index is 2.39. The molecule has 0 aliphatic rings. The zero-order chi connectivity index (χ0) is 14.1. The number of nitrogens with one attached hydrogen (secondary N) is 1. The first-order valence-corrected chi connectivity index (χ1v) is 7.20. The van der Waals surface area contributed by atoms with E-state index < -0.39 is 0 Å². The molecule has 0 amide bonds. The highest BCUT2D eigenvalue weighted by Crippen LogP contribution is 2.13. The number of ether oxygens (including phenoxy) is 1. The van der Waals surface area contributed by atoms with Crippen LogP contribution in [-0.2, 0) is 0 Å². The van der Waals surface area contributed by atoms with Crippen LogP contribution >= 0.6 is 12.2 Å². The third-order valence-corrected chi connectivity index (χ3v) is 3.11. The standard InChI is InChI=1S/C15H24N2OS/c1-4-5-12-18-14-8-6-13(7-9-14)15(19)16-10-11-17(2)3/h6-9H,4-5,10-12H2,1-3H3,(H,16,19). The Morgan fingerprint density at radius 2 is 1.95 bits per heavy atom. The smallest absolute Gasteiger partial charge is 0.119 e. The van der Waals surface area contributed by atoms with Gasteiger partial charge in [0.2, 0.25) is 0 Å². The molecule has 0 fully saturated rings. The zero-order valence-electron chi connectivity index (χ0n) is 12.1. The first kappa shape index (κ1) is 15.9. The summed E-state index contributed by atoms with van der Waals surface area (Å²) in [7, 11) is 4.10. The zero-order valence-corrected chi connectivity index (χ0v) is 12.9. The van der Waals surface area contributed by atoms with E-state index in [2.05, 4.69) is 17.1 Å². The van der Waals surface area contributed by atoms with Gasteiger partial charge in [-0.15, -0.1) is 0 Å². The van der Waals surface area contributed by atoms with Crippen molar-refractivity contribution >= 4 is 17.2 Å². The molecule has 0 unspecified atom stereocenters. The van der Waals surface area contributed by atoms with Crippen molar-refractivity contribution in [2.24, 2.45) is 0 Å². The first-order valence-electron chi connectivity index (χ1n) is 6.79. The summed E-state index contributed by atoms with van der Waals surface area (Å²) in [4.78, 5) is 2.92. The quantitative estimate of drug-likeness (QED) is 0.584. The summed E-state index contributed by atoms with van der Waals surface area (Å²) < 4.78 is 5.62. The van der Waals surface area contributed by atoms with E-state index in [9.17, 15) is 0 Å². The SMILES string of the molecule is CCCCOc1ccc(C(=S)NCCN(C)C)cc1. The van der Waals surface area contributed by atoms with Gasteiger partial charge in [0.05, 0.1) is 6.61 Å². The maximum atomic E-state index is 5.62. The second-order valence-corrected chi connectivity index (χ2v) is 5.19. The number of benzene rings is 1. The fraction of sp³-hybridized carbons (Fsp3) is 0.533. The number of nitrogens with zero attached hydrogens (tertiary/aromatic N) is 1. The van der Waals surface area contributed by atoms with Crippen molar-refractivity contribution in [3.05, 3.63) is 29.8 Å². The molecule has 0 atom stereocenters. The average molecular weight is 280 g/mol. The van der Waals surface area contributed by atoms with Gasteiger partial charge in [-0.1, -0.05) is 25.6 Å². The van der Waals surface area contributed by atoms with E-state index >= 15 is 0 Å². The molecule has 0 aliphatic heterocycles. The van der Waals surface area contributed by atoms with Gasteiger partial charge >= 0.3 is 0 Å². The highest BCUT2D eigenvalue weighted by molar-refractivity contribution is 7.80. The van der Waals surface area contributed by atoms with Crippen molar-refractivity contribution in [2.45, 2.75) is 19.8 Å². The molecule has 0 radical (unpaired) electrons. The number of hydrogen-bond acceptors (Lipinski definition) is 3. The summed E-state index contributed by atoms with van der Waals surface area (Å²) in [5.74, 6) is 0.910. The molecule has 3 nitrogen and oxygen atoms in total. The minimum atomic E-state index is 0.779. The largest absolute Gasteiger partial charge is 0.494 e. The molecule has 0 bridgehead atoms. The first-order chi connectivity index (χ1) is 9.13. The van der Waals surface area contributed by atoms with Crippen LogP contribution in [0.4, 0.5) is 0 Å². The van der Waals surface area contributed by atoms with Gasteiger partial charge < -0.3 is 15.0 Å². The Bertz CT molecular complexity index is 376. The van der Waals surface area contributed by atoms with Gasteiger partial charge in [0.1, 0.15) is 10.7 Å². The Kier molecular flexibility index (Phi) is 7.45. The summed E-state index contributed by atoms with van der Waals surface area (Å²) in [5.41, 5.74) is 1.04. The molecule has 1 aromatic rings. The summed E-state index contributed by atoms with van der Waals surface area (Å²) in [6.45, 7) is 4.77. The fourth-order valence-electron chi connectivity index (χ4n) is 1.53. The van der Waals surface area contributed by atoms with Gasteiger partial charge in [0.25, 0.3) is 0 Å². The molecular weight excluding hydrogens is 256 g/mol. The molecule has 19 heavy (non-hydrogen) atoms. The highest BCUT2D eigenvalue weighted by atomic mass is 32.1. The molecule has 0 heterocycles. The van der Waals surface area contributed by atoms with Crippen molar-refractivity contribution in [1.29, 1.82) is 0 Å². The van der Waals surface area contributed by atoms with Crippen molar-refractivity contribution in [1.82, 2.24) is 10.2 Å². The number of thiocarbonyl (C=S) groups is 1. The van der Waals surface area contributed by atoms with Gasteiger partial charge in [-0.2, -0.15) is 0 Å². The maximum absolute atomic E-state index is 5.62. The van der Waals surface area contributed by atoms with Crippen LogP contribution in [0.15, 0.2) is 24.3 Å². The minimum absolute atomic E-state index is 0.779. The Morgan fingerprint density at radius 3 is 2.53 bits per heavy atom. The van der Waals surface area contributed by atoms with Crippen LogP contribution in [0.1, 0.15) is 25.3 Å². The second-order valence-electron chi connectivity index (χ2n) is 4.79. The minimum Gasteiger partial charge on any atom is -0.494 e. The number of rotatable bonds is 8. The molecule has 0 saturated heterocycles. The third kappa shape index (κ3) is 6.55. The van der Waals surface area contributed by atoms with Crippen LogP contribution in [0.2, 0.25) is 0 Å². The lowest BCUT2D eigenvalue weighted by Crippen LogP contribution is -2.30. The van der Waals surface area contributed by atoms with Gasteiger partial charge in [0, 0.05) is 18.7 Å². The topological polar surface area (TPSA) is 24.5 Å². The van der Waals surface area contributed by atoms with E-state index in [0.717, 1.165) is 48.8 Å². The van der Waals surface area contributed by atoms with Crippen molar-refractivity contribution < 1.29 is 4.74 Å². The molecule has 0 aliphatic carbocycles. The normalized spacial score (nSPS) is 10.5. The van der Waals surface area contributed by atoms with E-state index in [4.69, 9.17) is 17.0 Å². The van der Waals surface area contributed by atoms with Crippen LogP contribution < -0.4 is 10.1 Å². The molecule has 0 saturated carbocycles. The molecule has 4 heteroatoms. The fourth-order valence-corrected chi connectivity index (χ4v) is 1.77. The van der Waals surface area contributed by atoms with Crippen molar-refractivity contribution in [2.75, 3.05) is 33.8 Å². The van der Waals surface area contributed by atoms with Crippen LogP contribution in [0.5, 0.6) is 5.75 Å². The Labute approximate surface area is 121 Å². The number of unbranched alkanes of at least 4 members (excludes halogenated alkanes) is 1. The summed E-state index contributed by atoms with van der Waals surface area (Å²) in [6, 6.07) is 7.97. The molecule has 0 spiro atoms. The lowest BCUT2D eigenvalue weighted by molar-refractivity contribution is 0.309. The monoisotopic (exact) mass is 280 g/mol. The second kappa shape index (κ2) is 8.88. The van der Waals surface area contributed by atoms with Crippen LogP contribution in [0.3, 0.4) is 0 Å². The molecule has 106 valence electrons. The molecule has 1 aromatic carbocycles. The Morgan fingerprint density at radius 1 is 1.26 bits per heavy atom. The predicted molar refractivity (Wildman–Crippen MR) is 85.1 cm³/mol. The highest BCUT2D eigenvalue weighted by Gasteiger charge is 2.01. The van der Waals surface area contributed by atoms with Gasteiger partial charge in [-0.25, -0.2) is 0 Å². The average Bonchev–Trinajstić information content (AvgIpc) is 2.39. The maximum Gasteiger partial charge on any atom is 0.119 e. The Hall–Kier alpha value is -1.13. The van der Waals surface area contributed by atoms with Gasteiger partial charge in [-0.05, 0) is 44.8 Å². The van der Waals surface area contributed by atoms with E-state index in [-0.39, 0.29) is 0 Å². The van der Waals surface area contributed by atoms with E-state index in [0.29, 0.717) is 0 Å². The molecule has 0 aromatic heterocycles. The van der Waals surface area contributed by atoms with E-state index in [1.807, 2.05) is 38.4 Å². The molecule has 1 N–H and O–H groups in total. The lowest BCUT2D eigenvalue weighted by atomic mass is 10.2. The van der Waals surface area contributed by atoms with Crippen LogP contribution in [0.25, 0.3) is 0 Å². The summed E-state index contributed by atoms with van der Waals surface area (Å²) in [5, 5.41) is 3.25. The summed E-state index contributed by atoms with van der Waals surface area (Å²) >= 11 is 5.35. The molecular formula is C15H24N2OS. The van der Waals surface area contributed by atoms with E-state index in [1.165, 1.54) is 0 Å². The van der Waals surface area contributed by atoms with Crippen LogP contribution in [0, 0.1) is 0 Å². The predicted octanol–water partition coefficient (Wildman–Crippen LogP) is 2.69. The van der Waals surface area contributed by atoms with Crippen molar-refractivity contribution in [3.63, 3.8) is 0 Å². The van der Waals surface area contributed by atoms with Crippen molar-refractivity contribution in [3.8, 4) is 5.75 Å². The lowest BCUT2D eigenvalue weighted by Gasteiger charge is -2.12. The van der Waals surface area contributed by atoms with Gasteiger partial charge in [0.15, 0.2) is 0 Å². The third-order valence-electron chi connectivity index (χ3n) is 2.73. The number of likely N-dealkylation sites (N-methyl/N-ethyl adjacent to an activating group) is 1. The van der Waals surface area contributed by atoms with Crippen LogP contribution in [-0.4, -0.2) is 43.7 Å².